The van der Waals surface area contributed by atoms with E-state index in [1.807, 2.05) is 0 Å². The molecule has 0 N–H and O–H groups in total. The van der Waals surface area contributed by atoms with Crippen LogP contribution < -0.4 is 0 Å². The molecule has 0 radical (unpaired) electrons. The fraction of sp³-hybridized carbons (Fsp3) is 0.739. The van der Waals surface area contributed by atoms with Crippen LogP contribution in [0.3, 0.4) is 0 Å². The number of hydrogen-bond acceptors (Lipinski definition) is 1. The van der Waals surface area contributed by atoms with Crippen LogP contribution in [0.1, 0.15) is 88.2 Å². The van der Waals surface area contributed by atoms with E-state index in [0.717, 1.165) is 36.2 Å². The number of halogens is 2. The highest BCUT2D eigenvalue weighted by molar-refractivity contribution is 5.28. The third kappa shape index (κ3) is 4.65. The quantitative estimate of drug-likeness (QED) is 0.528. The van der Waals surface area contributed by atoms with Gasteiger partial charge in [0.2, 0.25) is 0 Å². The van der Waals surface area contributed by atoms with Gasteiger partial charge in [-0.3, -0.25) is 0 Å². The molecule has 0 amide bonds. The van der Waals surface area contributed by atoms with Gasteiger partial charge in [-0.15, -0.1) is 0 Å². The van der Waals surface area contributed by atoms with Crippen molar-refractivity contribution in [2.75, 3.05) is 7.11 Å². The summed E-state index contributed by atoms with van der Waals surface area (Å²) >= 11 is 0. The molecule has 2 aliphatic rings. The van der Waals surface area contributed by atoms with Crippen LogP contribution in [-0.4, -0.2) is 7.11 Å². The minimum Gasteiger partial charge on any atom is -0.380 e. The molecule has 0 unspecified atom stereocenters. The fourth-order valence-corrected chi connectivity index (χ4v) is 5.42. The average Bonchev–Trinajstić information content (AvgIpc) is 2.66. The first-order valence-corrected chi connectivity index (χ1v) is 10.6. The molecule has 0 heterocycles. The standard InChI is InChI=1S/C23H34F2O/c1-3-4-16-5-7-17(8-6-16)18-9-11-19(12-10-18)20-13-22(24)21(15-26-2)23(25)14-20/h13-14,16-19H,3-12,15H2,1-2H3/t16-,17-,18-,19-. The average molecular weight is 365 g/mol. The largest absolute Gasteiger partial charge is 0.380 e. The van der Waals surface area contributed by atoms with Crippen LogP contribution in [0.2, 0.25) is 0 Å². The van der Waals surface area contributed by atoms with Crippen molar-refractivity contribution in [2.45, 2.75) is 83.7 Å². The molecule has 1 aromatic carbocycles. The number of hydrogen-bond donors (Lipinski definition) is 0. The highest BCUT2D eigenvalue weighted by Crippen LogP contribution is 2.44. The molecule has 2 aliphatic carbocycles. The first kappa shape index (κ1) is 19.8. The van der Waals surface area contributed by atoms with Gasteiger partial charge in [0, 0.05) is 12.7 Å². The van der Waals surface area contributed by atoms with E-state index in [2.05, 4.69) is 6.92 Å². The van der Waals surface area contributed by atoms with E-state index >= 15 is 0 Å². The third-order valence-corrected chi connectivity index (χ3v) is 6.95. The van der Waals surface area contributed by atoms with Crippen LogP contribution in [0.15, 0.2) is 12.1 Å². The predicted octanol–water partition coefficient (Wildman–Crippen LogP) is 6.99. The van der Waals surface area contributed by atoms with Crippen LogP contribution >= 0.6 is 0 Å². The highest BCUT2D eigenvalue weighted by atomic mass is 19.1. The van der Waals surface area contributed by atoms with Crippen LogP contribution in [0, 0.1) is 29.4 Å². The van der Waals surface area contributed by atoms with Crippen molar-refractivity contribution >= 4 is 0 Å². The molecule has 2 saturated carbocycles. The van der Waals surface area contributed by atoms with E-state index in [1.165, 1.54) is 58.5 Å². The van der Waals surface area contributed by atoms with E-state index in [0.29, 0.717) is 5.92 Å². The van der Waals surface area contributed by atoms with E-state index in [9.17, 15) is 8.78 Å². The van der Waals surface area contributed by atoms with E-state index < -0.39 is 11.6 Å². The summed E-state index contributed by atoms with van der Waals surface area (Å²) in [5, 5.41) is 0. The highest BCUT2D eigenvalue weighted by Gasteiger charge is 2.31. The van der Waals surface area contributed by atoms with Gasteiger partial charge >= 0.3 is 0 Å². The van der Waals surface area contributed by atoms with Gasteiger partial charge in [0.05, 0.1) is 6.61 Å². The molecular weight excluding hydrogens is 330 g/mol. The molecule has 26 heavy (non-hydrogen) atoms. The molecule has 0 aliphatic heterocycles. The lowest BCUT2D eigenvalue weighted by Gasteiger charge is -2.38. The smallest absolute Gasteiger partial charge is 0.131 e. The second-order valence-electron chi connectivity index (χ2n) is 8.58. The summed E-state index contributed by atoms with van der Waals surface area (Å²) in [5.41, 5.74) is 0.888. The Hall–Kier alpha value is -0.960. The summed E-state index contributed by atoms with van der Waals surface area (Å²) in [4.78, 5) is 0. The van der Waals surface area contributed by atoms with Gasteiger partial charge in [-0.05, 0) is 79.9 Å². The minimum atomic E-state index is -0.460. The number of benzene rings is 1. The number of methoxy groups -OCH3 is 1. The Kier molecular flexibility index (Phi) is 7.08. The lowest BCUT2D eigenvalue weighted by Crippen LogP contribution is -2.25. The van der Waals surface area contributed by atoms with Crippen molar-refractivity contribution in [1.29, 1.82) is 0 Å². The van der Waals surface area contributed by atoms with E-state index in [-0.39, 0.29) is 12.2 Å². The molecule has 0 aromatic heterocycles. The second kappa shape index (κ2) is 9.30. The second-order valence-corrected chi connectivity index (χ2v) is 8.58. The fourth-order valence-electron chi connectivity index (χ4n) is 5.42. The van der Waals surface area contributed by atoms with Gasteiger partial charge in [0.1, 0.15) is 11.6 Å². The first-order chi connectivity index (χ1) is 12.6. The van der Waals surface area contributed by atoms with Crippen molar-refractivity contribution in [2.24, 2.45) is 17.8 Å². The van der Waals surface area contributed by atoms with Crippen molar-refractivity contribution in [3.05, 3.63) is 34.9 Å². The first-order valence-electron chi connectivity index (χ1n) is 10.6. The molecule has 0 atom stereocenters. The summed E-state index contributed by atoms with van der Waals surface area (Å²) in [6, 6.07) is 3.08. The Morgan fingerprint density at radius 1 is 0.885 bits per heavy atom. The Labute approximate surface area is 157 Å². The van der Waals surface area contributed by atoms with Gasteiger partial charge in [-0.25, -0.2) is 8.78 Å². The van der Waals surface area contributed by atoms with Crippen LogP contribution in [0.5, 0.6) is 0 Å². The number of ether oxygens (including phenoxy) is 1. The van der Waals surface area contributed by atoms with Crippen LogP contribution in [0.25, 0.3) is 0 Å². The van der Waals surface area contributed by atoms with Gasteiger partial charge in [-0.2, -0.15) is 0 Å². The molecule has 2 fully saturated rings. The summed E-state index contributed by atoms with van der Waals surface area (Å²) in [7, 11) is 1.46. The monoisotopic (exact) mass is 364 g/mol. The van der Waals surface area contributed by atoms with Gasteiger partial charge in [-0.1, -0.05) is 32.6 Å². The summed E-state index contributed by atoms with van der Waals surface area (Å²) in [6.45, 7) is 2.28. The molecule has 146 valence electrons. The molecule has 1 nitrogen and oxygen atoms in total. The van der Waals surface area contributed by atoms with E-state index in [4.69, 9.17) is 4.74 Å². The molecule has 3 heteroatoms. The molecular formula is C23H34F2O. The van der Waals surface area contributed by atoms with Gasteiger partial charge < -0.3 is 4.74 Å². The lowest BCUT2D eigenvalue weighted by atomic mass is 9.68. The Bertz CT molecular complexity index is 547. The van der Waals surface area contributed by atoms with Crippen molar-refractivity contribution in [3.8, 4) is 0 Å². The normalized spacial score (nSPS) is 29.7. The Morgan fingerprint density at radius 2 is 1.42 bits per heavy atom. The van der Waals surface area contributed by atoms with Crippen molar-refractivity contribution in [3.63, 3.8) is 0 Å². The molecule has 0 spiro atoms. The molecule has 1 aromatic rings. The maximum Gasteiger partial charge on any atom is 0.131 e. The summed E-state index contributed by atoms with van der Waals surface area (Å²) < 4.78 is 33.3. The SMILES string of the molecule is CCC[C@H]1CC[C@H]([C@H]2CC[C@H](c3cc(F)c(COC)c(F)c3)CC2)CC1. The zero-order chi connectivity index (χ0) is 18.5. The van der Waals surface area contributed by atoms with Crippen LogP contribution in [0.4, 0.5) is 8.78 Å². The van der Waals surface area contributed by atoms with Crippen LogP contribution in [-0.2, 0) is 11.3 Å². The molecule has 3 rings (SSSR count). The maximum absolute atomic E-state index is 14.2. The third-order valence-electron chi connectivity index (χ3n) is 6.95. The predicted molar refractivity (Wildman–Crippen MR) is 102 cm³/mol. The zero-order valence-electron chi connectivity index (χ0n) is 16.4. The maximum atomic E-state index is 14.2. The summed E-state index contributed by atoms with van der Waals surface area (Å²) in [5.74, 6) is 2.07. The van der Waals surface area contributed by atoms with Crippen molar-refractivity contribution in [1.82, 2.24) is 0 Å². The number of rotatable bonds is 6. The molecule has 0 bridgehead atoms. The molecule has 0 saturated heterocycles. The summed E-state index contributed by atoms with van der Waals surface area (Å²) in [6.07, 6.45) is 12.9. The van der Waals surface area contributed by atoms with E-state index in [1.54, 1.807) is 12.1 Å². The van der Waals surface area contributed by atoms with Gasteiger partial charge in [0.15, 0.2) is 0 Å². The Morgan fingerprint density at radius 3 is 1.92 bits per heavy atom. The van der Waals surface area contributed by atoms with Crippen molar-refractivity contribution < 1.29 is 13.5 Å². The lowest BCUT2D eigenvalue weighted by molar-refractivity contribution is 0.156. The minimum absolute atomic E-state index is 0.00854. The topological polar surface area (TPSA) is 9.23 Å². The Balaban J connectivity index is 1.54. The van der Waals surface area contributed by atoms with Gasteiger partial charge in [0.25, 0.3) is 0 Å². The zero-order valence-corrected chi connectivity index (χ0v) is 16.4.